The molecule has 0 aliphatic rings. The van der Waals surface area contributed by atoms with E-state index < -0.39 is 0 Å². The lowest BCUT2D eigenvalue weighted by molar-refractivity contribution is 0.102. The smallest absolute Gasteiger partial charge is 0.256 e. The Bertz CT molecular complexity index is 944. The Balaban J connectivity index is 1.96. The van der Waals surface area contributed by atoms with Gasteiger partial charge < -0.3 is 5.32 Å². The van der Waals surface area contributed by atoms with Crippen LogP contribution in [0.2, 0.25) is 0 Å². The highest BCUT2D eigenvalue weighted by atomic mass is 16.1. The van der Waals surface area contributed by atoms with E-state index in [1.807, 2.05) is 19.9 Å². The minimum absolute atomic E-state index is 0.248. The molecule has 128 valence electrons. The molecule has 0 fully saturated rings. The number of nitrogens with one attached hydrogen (secondary N) is 2. The zero-order valence-electron chi connectivity index (χ0n) is 14.1. The highest BCUT2D eigenvalue weighted by Gasteiger charge is 2.14. The van der Waals surface area contributed by atoms with Crippen molar-refractivity contribution in [1.29, 1.82) is 0 Å². The number of rotatable bonds is 5. The lowest BCUT2D eigenvalue weighted by atomic mass is 10.2. The summed E-state index contributed by atoms with van der Waals surface area (Å²) in [4.78, 5) is 31.4. The van der Waals surface area contributed by atoms with E-state index >= 15 is 0 Å². The Morgan fingerprint density at radius 3 is 2.72 bits per heavy atom. The first-order valence-corrected chi connectivity index (χ1v) is 8.10. The molecule has 0 aliphatic carbocycles. The summed E-state index contributed by atoms with van der Waals surface area (Å²) >= 11 is 0. The number of amides is 1. The molecule has 3 aromatic rings. The molecule has 0 spiro atoms. The molecule has 7 nitrogen and oxygen atoms in total. The van der Waals surface area contributed by atoms with E-state index in [4.69, 9.17) is 0 Å². The number of hydrogen-bond donors (Lipinski definition) is 2. The van der Waals surface area contributed by atoms with Crippen LogP contribution in [0.5, 0.6) is 0 Å². The van der Waals surface area contributed by atoms with Crippen molar-refractivity contribution in [3.63, 3.8) is 0 Å². The van der Waals surface area contributed by atoms with Gasteiger partial charge in [-0.05, 0) is 25.5 Å². The number of benzene rings is 1. The van der Waals surface area contributed by atoms with E-state index in [1.165, 1.54) is 10.7 Å². The summed E-state index contributed by atoms with van der Waals surface area (Å²) in [5.74, 6) is 0.476. The maximum atomic E-state index is 12.4. The maximum absolute atomic E-state index is 12.4. The maximum Gasteiger partial charge on any atom is 0.256 e. The average Bonchev–Trinajstić information content (AvgIpc) is 2.96. The van der Waals surface area contributed by atoms with E-state index in [0.29, 0.717) is 29.2 Å². The average molecular weight is 337 g/mol. The second kappa shape index (κ2) is 7.12. The molecule has 25 heavy (non-hydrogen) atoms. The molecular weight excluding hydrogens is 318 g/mol. The van der Waals surface area contributed by atoms with Crippen molar-refractivity contribution in [2.24, 2.45) is 0 Å². The lowest BCUT2D eigenvalue weighted by Gasteiger charge is -2.09. The molecule has 7 heteroatoms. The highest BCUT2D eigenvalue weighted by Crippen LogP contribution is 2.15. The molecule has 1 amide bonds. The van der Waals surface area contributed by atoms with Crippen LogP contribution in [0.1, 0.15) is 35.1 Å². The van der Waals surface area contributed by atoms with E-state index in [0.717, 1.165) is 6.42 Å². The van der Waals surface area contributed by atoms with Gasteiger partial charge in [0.15, 0.2) is 0 Å². The van der Waals surface area contributed by atoms with Crippen LogP contribution in [0.15, 0.2) is 47.3 Å². The quantitative estimate of drug-likeness (QED) is 0.748. The third-order valence-electron chi connectivity index (χ3n) is 3.60. The Labute approximate surface area is 144 Å². The van der Waals surface area contributed by atoms with Crippen molar-refractivity contribution in [2.75, 3.05) is 5.32 Å². The van der Waals surface area contributed by atoms with Gasteiger partial charge >= 0.3 is 0 Å². The van der Waals surface area contributed by atoms with Crippen LogP contribution in [0.4, 0.5) is 5.82 Å². The summed E-state index contributed by atoms with van der Waals surface area (Å²) in [6, 6.07) is 12.1. The lowest BCUT2D eigenvalue weighted by Crippen LogP contribution is -2.19. The molecule has 0 saturated heterocycles. The zero-order chi connectivity index (χ0) is 17.8. The fourth-order valence-corrected chi connectivity index (χ4v) is 2.51. The monoisotopic (exact) mass is 337 g/mol. The number of nitrogens with zero attached hydrogens (tertiary/aromatic N) is 3. The van der Waals surface area contributed by atoms with Gasteiger partial charge in [0, 0.05) is 23.4 Å². The summed E-state index contributed by atoms with van der Waals surface area (Å²) in [6.45, 7) is 3.83. The van der Waals surface area contributed by atoms with E-state index in [9.17, 15) is 9.59 Å². The number of aromatic amines is 1. The molecule has 3 rings (SSSR count). The van der Waals surface area contributed by atoms with Gasteiger partial charge in [0.1, 0.15) is 5.82 Å². The molecular formula is C18H19N5O2. The van der Waals surface area contributed by atoms with Crippen LogP contribution in [0.25, 0.3) is 5.95 Å². The minimum Gasteiger partial charge on any atom is -0.306 e. The number of carbonyl (C=O) groups excluding carboxylic acids is 1. The number of anilines is 1. The van der Waals surface area contributed by atoms with Crippen molar-refractivity contribution in [1.82, 2.24) is 19.7 Å². The zero-order valence-corrected chi connectivity index (χ0v) is 14.1. The standard InChI is InChI=1S/C18H19N5O2/c1-3-7-14-11-16(24)21-18(19-14)23-15(10-12(2)22-23)20-17(25)13-8-5-4-6-9-13/h4-6,8-11H,3,7H2,1-2H3,(H,20,25)(H,19,21,24). The predicted molar refractivity (Wildman–Crippen MR) is 95.1 cm³/mol. The summed E-state index contributed by atoms with van der Waals surface area (Å²) in [5, 5.41) is 7.16. The molecule has 0 unspecified atom stereocenters. The van der Waals surface area contributed by atoms with Gasteiger partial charge in [0.2, 0.25) is 5.95 Å². The number of H-pyrrole nitrogens is 1. The Morgan fingerprint density at radius 2 is 2.00 bits per heavy atom. The van der Waals surface area contributed by atoms with Crippen LogP contribution in [-0.2, 0) is 6.42 Å². The molecule has 2 aromatic heterocycles. The van der Waals surface area contributed by atoms with Crippen molar-refractivity contribution >= 4 is 11.7 Å². The number of aryl methyl sites for hydroxylation is 2. The summed E-state index contributed by atoms with van der Waals surface area (Å²) in [7, 11) is 0. The van der Waals surface area contributed by atoms with Crippen LogP contribution in [0.3, 0.4) is 0 Å². The Kier molecular flexibility index (Phi) is 4.74. The Hall–Kier alpha value is -3.22. The molecule has 2 N–H and O–H groups in total. The van der Waals surface area contributed by atoms with Crippen LogP contribution < -0.4 is 10.9 Å². The summed E-state index contributed by atoms with van der Waals surface area (Å²) in [6.07, 6.45) is 1.58. The second-order valence-electron chi connectivity index (χ2n) is 5.71. The first-order valence-electron chi connectivity index (χ1n) is 8.10. The van der Waals surface area contributed by atoms with E-state index in [2.05, 4.69) is 20.4 Å². The van der Waals surface area contributed by atoms with Crippen molar-refractivity contribution < 1.29 is 4.79 Å². The Morgan fingerprint density at radius 1 is 1.24 bits per heavy atom. The summed E-state index contributed by atoms with van der Waals surface area (Å²) < 4.78 is 1.44. The molecule has 2 heterocycles. The number of aromatic nitrogens is 4. The molecule has 0 bridgehead atoms. The normalized spacial score (nSPS) is 10.6. The minimum atomic E-state index is -0.256. The topological polar surface area (TPSA) is 92.7 Å². The second-order valence-corrected chi connectivity index (χ2v) is 5.71. The van der Waals surface area contributed by atoms with Crippen LogP contribution in [0, 0.1) is 6.92 Å². The predicted octanol–water partition coefficient (Wildman–Crippen LogP) is 2.47. The van der Waals surface area contributed by atoms with E-state index in [1.54, 1.807) is 30.3 Å². The fourth-order valence-electron chi connectivity index (χ4n) is 2.51. The van der Waals surface area contributed by atoms with Crippen LogP contribution in [-0.4, -0.2) is 25.7 Å². The number of hydrogen-bond acceptors (Lipinski definition) is 4. The molecule has 1 aromatic carbocycles. The van der Waals surface area contributed by atoms with Gasteiger partial charge in [0.25, 0.3) is 11.5 Å². The van der Waals surface area contributed by atoms with Crippen molar-refractivity contribution in [2.45, 2.75) is 26.7 Å². The fraction of sp³-hybridized carbons (Fsp3) is 0.222. The first-order chi connectivity index (χ1) is 12.1. The van der Waals surface area contributed by atoms with Gasteiger partial charge in [-0.3, -0.25) is 14.6 Å². The molecule has 0 aliphatic heterocycles. The molecule has 0 atom stereocenters. The van der Waals surface area contributed by atoms with Gasteiger partial charge in [-0.15, -0.1) is 0 Å². The van der Waals surface area contributed by atoms with Gasteiger partial charge in [-0.25, -0.2) is 4.98 Å². The van der Waals surface area contributed by atoms with E-state index in [-0.39, 0.29) is 17.4 Å². The largest absolute Gasteiger partial charge is 0.306 e. The molecule has 0 saturated carbocycles. The van der Waals surface area contributed by atoms with Crippen LogP contribution >= 0.6 is 0 Å². The summed E-state index contributed by atoms with van der Waals surface area (Å²) in [5.41, 5.74) is 1.68. The van der Waals surface area contributed by atoms with Crippen molar-refractivity contribution in [3.8, 4) is 5.95 Å². The molecule has 0 radical (unpaired) electrons. The SMILES string of the molecule is CCCc1cc(=O)[nH]c(-n2nc(C)cc2NC(=O)c2ccccc2)n1. The van der Waals surface area contributed by atoms with Gasteiger partial charge in [-0.1, -0.05) is 31.5 Å². The number of carbonyl (C=O) groups is 1. The van der Waals surface area contributed by atoms with Gasteiger partial charge in [0.05, 0.1) is 5.69 Å². The third-order valence-corrected chi connectivity index (χ3v) is 3.60. The van der Waals surface area contributed by atoms with Gasteiger partial charge in [-0.2, -0.15) is 9.78 Å². The third kappa shape index (κ3) is 3.82. The highest BCUT2D eigenvalue weighted by molar-refractivity contribution is 6.03. The van der Waals surface area contributed by atoms with Crippen molar-refractivity contribution in [3.05, 3.63) is 69.8 Å². The first kappa shape index (κ1) is 16.6.